The Hall–Kier alpha value is -1.33. The quantitative estimate of drug-likeness (QED) is 0.867. The molecule has 3 rings (SSSR count). The van der Waals surface area contributed by atoms with E-state index in [4.69, 9.17) is 0 Å². The summed E-state index contributed by atoms with van der Waals surface area (Å²) in [6.45, 7) is 11.2. The van der Waals surface area contributed by atoms with E-state index in [1.54, 1.807) is 0 Å². The normalized spacial score (nSPS) is 20.4. The summed E-state index contributed by atoms with van der Waals surface area (Å²) in [6.07, 6.45) is 3.18. The van der Waals surface area contributed by atoms with Crippen molar-refractivity contribution in [2.75, 3.05) is 32.7 Å². The lowest BCUT2D eigenvalue weighted by molar-refractivity contribution is 0.0523. The number of amides is 1. The lowest BCUT2D eigenvalue weighted by atomic mass is 10.2. The molecule has 1 unspecified atom stereocenters. The van der Waals surface area contributed by atoms with Crippen molar-refractivity contribution in [3.8, 4) is 0 Å². The molecule has 1 aromatic heterocycles. The van der Waals surface area contributed by atoms with Gasteiger partial charge in [-0.1, -0.05) is 6.92 Å². The number of aryl methyl sites for hydroxylation is 1. The minimum atomic E-state index is -0.256. The molecule has 1 N–H and O–H groups in total. The van der Waals surface area contributed by atoms with Crippen molar-refractivity contribution in [1.82, 2.24) is 14.4 Å². The van der Waals surface area contributed by atoms with E-state index in [1.165, 1.54) is 18.5 Å². The highest BCUT2D eigenvalue weighted by atomic mass is 16.3. The van der Waals surface area contributed by atoms with Crippen molar-refractivity contribution < 1.29 is 9.90 Å². The highest BCUT2D eigenvalue weighted by Crippen LogP contribution is 2.32. The summed E-state index contributed by atoms with van der Waals surface area (Å²) < 4.78 is 2.32. The second-order valence-electron chi connectivity index (χ2n) is 7.49. The van der Waals surface area contributed by atoms with Gasteiger partial charge in [0, 0.05) is 50.7 Å². The van der Waals surface area contributed by atoms with Crippen molar-refractivity contribution in [3.63, 3.8) is 0 Å². The third kappa shape index (κ3) is 3.83. The molecule has 0 spiro atoms. The van der Waals surface area contributed by atoms with Gasteiger partial charge in [-0.2, -0.15) is 0 Å². The number of β-amino-alcohol motifs (C(OH)–C–C–N with tert-alkyl or cyclic N) is 1. The molecule has 0 radical (unpaired) electrons. The zero-order chi connectivity index (χ0) is 17.3. The van der Waals surface area contributed by atoms with Gasteiger partial charge in [-0.05, 0) is 45.1 Å². The number of nitrogens with zero attached hydrogens (tertiary/aromatic N) is 3. The van der Waals surface area contributed by atoms with Crippen LogP contribution in [-0.4, -0.2) is 64.2 Å². The predicted molar refractivity (Wildman–Crippen MR) is 95.3 cm³/mol. The van der Waals surface area contributed by atoms with Crippen LogP contribution in [0.15, 0.2) is 6.07 Å². The fourth-order valence-corrected chi connectivity index (χ4v) is 3.59. The van der Waals surface area contributed by atoms with Gasteiger partial charge in [0.15, 0.2) is 0 Å². The zero-order valence-electron chi connectivity index (χ0n) is 15.3. The molecular formula is C19H31N3O2. The van der Waals surface area contributed by atoms with Crippen LogP contribution in [-0.2, 0) is 6.54 Å². The maximum Gasteiger partial charge on any atom is 0.255 e. The van der Waals surface area contributed by atoms with Crippen molar-refractivity contribution in [1.29, 1.82) is 0 Å². The Kier molecular flexibility index (Phi) is 5.30. The fourth-order valence-electron chi connectivity index (χ4n) is 3.59. The van der Waals surface area contributed by atoms with E-state index in [0.717, 1.165) is 56.3 Å². The Labute approximate surface area is 145 Å². The lowest BCUT2D eigenvalue weighted by Crippen LogP contribution is -2.50. The number of aliphatic hydroxyl groups is 1. The largest absolute Gasteiger partial charge is 0.392 e. The van der Waals surface area contributed by atoms with E-state index in [9.17, 15) is 9.90 Å². The van der Waals surface area contributed by atoms with Crippen molar-refractivity contribution in [2.24, 2.45) is 5.92 Å². The van der Waals surface area contributed by atoms with E-state index < -0.39 is 0 Å². The van der Waals surface area contributed by atoms with E-state index in [-0.39, 0.29) is 12.0 Å². The number of aliphatic hydroxyl groups excluding tert-OH is 1. The van der Waals surface area contributed by atoms with Crippen LogP contribution in [0.4, 0.5) is 0 Å². The second-order valence-corrected chi connectivity index (χ2v) is 7.49. The standard InChI is InChI=1S/C19H31N3O2/c1-4-17(23)13-20-7-9-21(10-8-20)19(24)18-11-14(2)22(15(18)3)12-16-5-6-16/h11,16-17,23H,4-10,12-13H2,1-3H3. The molecule has 134 valence electrons. The Bertz CT molecular complexity index is 584. The summed E-state index contributed by atoms with van der Waals surface area (Å²) >= 11 is 0. The maximum absolute atomic E-state index is 12.9. The molecular weight excluding hydrogens is 302 g/mol. The first-order chi connectivity index (χ1) is 11.5. The van der Waals surface area contributed by atoms with Crippen molar-refractivity contribution in [2.45, 2.75) is 52.7 Å². The van der Waals surface area contributed by atoms with Gasteiger partial charge >= 0.3 is 0 Å². The third-order valence-electron chi connectivity index (χ3n) is 5.54. The van der Waals surface area contributed by atoms with Crippen LogP contribution < -0.4 is 0 Å². The number of carbonyl (C=O) groups is 1. The minimum Gasteiger partial charge on any atom is -0.392 e. The molecule has 1 saturated heterocycles. The van der Waals surface area contributed by atoms with Crippen molar-refractivity contribution in [3.05, 3.63) is 23.0 Å². The molecule has 1 aromatic rings. The highest BCUT2D eigenvalue weighted by molar-refractivity contribution is 5.95. The number of aromatic nitrogens is 1. The minimum absolute atomic E-state index is 0.167. The summed E-state index contributed by atoms with van der Waals surface area (Å²) in [6, 6.07) is 2.06. The van der Waals surface area contributed by atoms with Gasteiger partial charge in [0.2, 0.25) is 0 Å². The first-order valence-electron chi connectivity index (χ1n) is 9.36. The molecule has 24 heavy (non-hydrogen) atoms. The molecule has 0 aromatic carbocycles. The average molecular weight is 333 g/mol. The SMILES string of the molecule is CCC(O)CN1CCN(C(=O)c2cc(C)n(CC3CC3)c2C)CC1. The van der Waals surface area contributed by atoms with Crippen LogP contribution >= 0.6 is 0 Å². The molecule has 2 heterocycles. The van der Waals surface area contributed by atoms with Crippen LogP contribution in [0.25, 0.3) is 0 Å². The number of hydrogen-bond acceptors (Lipinski definition) is 3. The fraction of sp³-hybridized carbons (Fsp3) is 0.737. The lowest BCUT2D eigenvalue weighted by Gasteiger charge is -2.35. The molecule has 1 aliphatic carbocycles. The molecule has 5 nitrogen and oxygen atoms in total. The Morgan fingerprint density at radius 3 is 2.50 bits per heavy atom. The smallest absolute Gasteiger partial charge is 0.255 e. The summed E-state index contributed by atoms with van der Waals surface area (Å²) in [5.74, 6) is 0.979. The van der Waals surface area contributed by atoms with E-state index in [0.29, 0.717) is 6.54 Å². The van der Waals surface area contributed by atoms with E-state index in [2.05, 4.69) is 29.4 Å². The number of carbonyl (C=O) groups excluding carboxylic acids is 1. The van der Waals surface area contributed by atoms with E-state index >= 15 is 0 Å². The first kappa shape index (κ1) is 17.5. The van der Waals surface area contributed by atoms with E-state index in [1.807, 2.05) is 11.8 Å². The van der Waals surface area contributed by atoms with Gasteiger partial charge < -0.3 is 14.6 Å². The Morgan fingerprint density at radius 1 is 1.25 bits per heavy atom. The first-order valence-corrected chi connectivity index (χ1v) is 9.36. The molecule has 0 bridgehead atoms. The Morgan fingerprint density at radius 2 is 1.92 bits per heavy atom. The monoisotopic (exact) mass is 333 g/mol. The predicted octanol–water partition coefficient (Wildman–Crippen LogP) is 2.04. The van der Waals surface area contributed by atoms with Gasteiger partial charge in [0.1, 0.15) is 0 Å². The van der Waals surface area contributed by atoms with Crippen LogP contribution in [0.5, 0.6) is 0 Å². The maximum atomic E-state index is 12.9. The molecule has 1 saturated carbocycles. The third-order valence-corrected chi connectivity index (χ3v) is 5.54. The van der Waals surface area contributed by atoms with Gasteiger partial charge in [-0.3, -0.25) is 9.69 Å². The van der Waals surface area contributed by atoms with Gasteiger partial charge in [-0.25, -0.2) is 0 Å². The summed E-state index contributed by atoms with van der Waals surface area (Å²) in [4.78, 5) is 17.1. The van der Waals surface area contributed by atoms with Gasteiger partial charge in [0.05, 0.1) is 11.7 Å². The highest BCUT2D eigenvalue weighted by Gasteiger charge is 2.28. The molecule has 2 aliphatic rings. The number of rotatable bonds is 6. The van der Waals surface area contributed by atoms with Crippen molar-refractivity contribution >= 4 is 5.91 Å². The summed E-state index contributed by atoms with van der Waals surface area (Å²) in [5, 5.41) is 9.78. The molecule has 1 amide bonds. The second kappa shape index (κ2) is 7.28. The van der Waals surface area contributed by atoms with Crippen LogP contribution in [0.2, 0.25) is 0 Å². The van der Waals surface area contributed by atoms with Gasteiger partial charge in [-0.15, -0.1) is 0 Å². The van der Waals surface area contributed by atoms with Gasteiger partial charge in [0.25, 0.3) is 5.91 Å². The van der Waals surface area contributed by atoms with Crippen LogP contribution in [0.3, 0.4) is 0 Å². The number of piperazine rings is 1. The van der Waals surface area contributed by atoms with Crippen LogP contribution in [0, 0.1) is 19.8 Å². The molecule has 1 atom stereocenters. The average Bonchev–Trinajstić information content (AvgIpc) is 3.36. The van der Waals surface area contributed by atoms with Crippen LogP contribution in [0.1, 0.15) is 47.9 Å². The summed E-state index contributed by atoms with van der Waals surface area (Å²) in [7, 11) is 0. The Balaban J connectivity index is 1.61. The molecule has 5 heteroatoms. The topological polar surface area (TPSA) is 48.7 Å². The number of hydrogen-bond donors (Lipinski definition) is 1. The summed E-state index contributed by atoms with van der Waals surface area (Å²) in [5.41, 5.74) is 3.19. The molecule has 1 aliphatic heterocycles. The molecule has 2 fully saturated rings. The zero-order valence-corrected chi connectivity index (χ0v) is 15.3.